The Hall–Kier alpha value is -0.840. The Kier molecular flexibility index (Phi) is 5.85. The van der Waals surface area contributed by atoms with Crippen LogP contribution < -0.4 is 5.32 Å². The Labute approximate surface area is 129 Å². The molecule has 0 amide bonds. The predicted molar refractivity (Wildman–Crippen MR) is 87.3 cm³/mol. The van der Waals surface area contributed by atoms with Gasteiger partial charge in [-0.25, -0.2) is 0 Å². The largest absolute Gasteiger partial charge is 0.468 e. The molecule has 0 unspecified atom stereocenters. The van der Waals surface area contributed by atoms with Gasteiger partial charge in [0.2, 0.25) is 0 Å². The van der Waals surface area contributed by atoms with Crippen LogP contribution in [0.4, 0.5) is 0 Å². The number of hydrogen-bond donors (Lipinski definition) is 1. The van der Waals surface area contributed by atoms with Gasteiger partial charge in [-0.15, -0.1) is 0 Å². The van der Waals surface area contributed by atoms with Gasteiger partial charge in [0, 0.05) is 43.8 Å². The van der Waals surface area contributed by atoms with Crippen LogP contribution in [0.25, 0.3) is 0 Å². The lowest BCUT2D eigenvalue weighted by atomic mass is 10.0. The van der Waals surface area contributed by atoms with Crippen molar-refractivity contribution in [2.75, 3.05) is 32.7 Å². The Morgan fingerprint density at radius 2 is 1.90 bits per heavy atom. The van der Waals surface area contributed by atoms with Crippen LogP contribution in [0.15, 0.2) is 16.7 Å². The quantitative estimate of drug-likeness (QED) is 0.817. The highest BCUT2D eigenvalue weighted by Crippen LogP contribution is 2.18. The van der Waals surface area contributed by atoms with Crippen LogP contribution in [-0.2, 0) is 13.1 Å². The molecule has 120 valence electrons. The first kappa shape index (κ1) is 16.5. The molecule has 0 spiro atoms. The molecule has 2 rings (SSSR count). The van der Waals surface area contributed by atoms with E-state index in [1.54, 1.807) is 0 Å². The zero-order valence-corrected chi connectivity index (χ0v) is 14.1. The van der Waals surface area contributed by atoms with Crippen molar-refractivity contribution in [3.8, 4) is 0 Å². The highest BCUT2D eigenvalue weighted by Gasteiger charge is 2.26. The van der Waals surface area contributed by atoms with Crippen LogP contribution in [0.5, 0.6) is 0 Å². The first-order valence-corrected chi connectivity index (χ1v) is 8.24. The Morgan fingerprint density at radius 1 is 1.19 bits per heavy atom. The number of piperazine rings is 1. The summed E-state index contributed by atoms with van der Waals surface area (Å²) in [5.74, 6) is 1.10. The summed E-state index contributed by atoms with van der Waals surface area (Å²) in [4.78, 5) is 5.11. The fourth-order valence-corrected chi connectivity index (χ4v) is 2.86. The zero-order chi connectivity index (χ0) is 15.3. The molecule has 0 saturated carbocycles. The van der Waals surface area contributed by atoms with E-state index in [4.69, 9.17) is 4.42 Å². The van der Waals surface area contributed by atoms with Gasteiger partial charge in [0.1, 0.15) is 5.76 Å². The maximum atomic E-state index is 5.63. The van der Waals surface area contributed by atoms with Crippen molar-refractivity contribution in [3.63, 3.8) is 0 Å². The van der Waals surface area contributed by atoms with Crippen molar-refractivity contribution in [1.29, 1.82) is 0 Å². The summed E-state index contributed by atoms with van der Waals surface area (Å²) in [6, 6.07) is 2.12. The molecule has 1 saturated heterocycles. The molecule has 4 heteroatoms. The Morgan fingerprint density at radius 3 is 2.52 bits per heavy atom. The van der Waals surface area contributed by atoms with Gasteiger partial charge in [-0.05, 0) is 39.8 Å². The molecule has 0 atom stereocenters. The summed E-state index contributed by atoms with van der Waals surface area (Å²) >= 11 is 0. The van der Waals surface area contributed by atoms with Crippen LogP contribution in [0.2, 0.25) is 0 Å². The maximum Gasteiger partial charge on any atom is 0.122 e. The lowest BCUT2D eigenvalue weighted by Gasteiger charge is -2.42. The van der Waals surface area contributed by atoms with E-state index in [-0.39, 0.29) is 5.54 Å². The zero-order valence-electron chi connectivity index (χ0n) is 14.1. The van der Waals surface area contributed by atoms with E-state index in [9.17, 15) is 0 Å². The molecular weight excluding hydrogens is 262 g/mol. The summed E-state index contributed by atoms with van der Waals surface area (Å²) in [5.41, 5.74) is 1.62. The molecule has 1 aliphatic heterocycles. The first-order chi connectivity index (χ1) is 10.0. The minimum atomic E-state index is 0.289. The highest BCUT2D eigenvalue weighted by atomic mass is 16.3. The second kappa shape index (κ2) is 7.43. The van der Waals surface area contributed by atoms with Gasteiger partial charge in [-0.3, -0.25) is 9.80 Å². The first-order valence-electron chi connectivity index (χ1n) is 8.24. The third-order valence-electron chi connectivity index (χ3n) is 4.26. The fourth-order valence-electron chi connectivity index (χ4n) is 2.86. The minimum Gasteiger partial charge on any atom is -0.468 e. The minimum absolute atomic E-state index is 0.289. The normalized spacial score (nSPS) is 18.3. The van der Waals surface area contributed by atoms with E-state index in [1.807, 2.05) is 6.26 Å². The summed E-state index contributed by atoms with van der Waals surface area (Å²) in [5, 5.41) is 3.42. The van der Waals surface area contributed by atoms with Crippen molar-refractivity contribution in [2.24, 2.45) is 0 Å². The fraction of sp³-hybridized carbons (Fsp3) is 0.765. The van der Waals surface area contributed by atoms with E-state index in [2.05, 4.69) is 48.9 Å². The molecule has 1 aromatic heterocycles. The van der Waals surface area contributed by atoms with Gasteiger partial charge in [0.25, 0.3) is 0 Å². The lowest BCUT2D eigenvalue weighted by molar-refractivity contribution is 0.0588. The highest BCUT2D eigenvalue weighted by molar-refractivity contribution is 5.17. The van der Waals surface area contributed by atoms with Crippen LogP contribution in [0, 0.1) is 0 Å². The number of nitrogens with zero attached hydrogens (tertiary/aromatic N) is 2. The second-order valence-corrected chi connectivity index (χ2v) is 6.98. The van der Waals surface area contributed by atoms with E-state index in [0.29, 0.717) is 0 Å². The Balaban J connectivity index is 1.82. The SMILES string of the molecule is CCCNCc1occc1CN1CCN(C(C)(C)C)CC1. The Bertz CT molecular complexity index is 414. The topological polar surface area (TPSA) is 31.7 Å². The molecule has 1 aliphatic rings. The van der Waals surface area contributed by atoms with Gasteiger partial charge in [-0.2, -0.15) is 0 Å². The molecule has 21 heavy (non-hydrogen) atoms. The predicted octanol–water partition coefficient (Wildman–Crippen LogP) is 2.70. The molecule has 0 radical (unpaired) electrons. The average molecular weight is 293 g/mol. The van der Waals surface area contributed by atoms with Gasteiger partial charge in [-0.1, -0.05) is 6.92 Å². The van der Waals surface area contributed by atoms with Gasteiger partial charge in [0.15, 0.2) is 0 Å². The number of furan rings is 1. The van der Waals surface area contributed by atoms with Crippen molar-refractivity contribution >= 4 is 0 Å². The smallest absolute Gasteiger partial charge is 0.122 e. The molecule has 2 heterocycles. The van der Waals surface area contributed by atoms with Gasteiger partial charge in [0.05, 0.1) is 12.8 Å². The molecule has 0 aromatic carbocycles. The van der Waals surface area contributed by atoms with Gasteiger partial charge >= 0.3 is 0 Å². The third-order valence-corrected chi connectivity index (χ3v) is 4.26. The molecule has 1 aromatic rings. The van der Waals surface area contributed by atoms with Crippen molar-refractivity contribution in [3.05, 3.63) is 23.7 Å². The number of nitrogens with one attached hydrogen (secondary N) is 1. The van der Waals surface area contributed by atoms with E-state index < -0.39 is 0 Å². The number of rotatable bonds is 6. The van der Waals surface area contributed by atoms with E-state index in [0.717, 1.165) is 58.0 Å². The third kappa shape index (κ3) is 4.83. The van der Waals surface area contributed by atoms with Crippen LogP contribution in [0.1, 0.15) is 45.4 Å². The molecule has 0 bridgehead atoms. The summed E-state index contributed by atoms with van der Waals surface area (Å²) in [7, 11) is 0. The molecule has 0 aliphatic carbocycles. The van der Waals surface area contributed by atoms with E-state index in [1.165, 1.54) is 5.56 Å². The van der Waals surface area contributed by atoms with Crippen molar-refractivity contribution in [1.82, 2.24) is 15.1 Å². The van der Waals surface area contributed by atoms with Gasteiger partial charge < -0.3 is 9.73 Å². The molecule has 1 N–H and O–H groups in total. The monoisotopic (exact) mass is 293 g/mol. The maximum absolute atomic E-state index is 5.63. The van der Waals surface area contributed by atoms with Crippen molar-refractivity contribution < 1.29 is 4.42 Å². The molecule has 1 fully saturated rings. The average Bonchev–Trinajstić information content (AvgIpc) is 2.86. The van der Waals surface area contributed by atoms with Crippen LogP contribution >= 0.6 is 0 Å². The molecular formula is C17H31N3O. The van der Waals surface area contributed by atoms with Crippen molar-refractivity contribution in [2.45, 2.75) is 52.7 Å². The number of hydrogen-bond acceptors (Lipinski definition) is 4. The summed E-state index contributed by atoms with van der Waals surface area (Å²) in [6.45, 7) is 16.6. The second-order valence-electron chi connectivity index (χ2n) is 6.98. The molecule has 4 nitrogen and oxygen atoms in total. The summed E-state index contributed by atoms with van der Waals surface area (Å²) in [6.07, 6.45) is 2.98. The van der Waals surface area contributed by atoms with E-state index >= 15 is 0 Å². The van der Waals surface area contributed by atoms with Crippen LogP contribution in [0.3, 0.4) is 0 Å². The summed E-state index contributed by atoms with van der Waals surface area (Å²) < 4.78 is 5.63. The standard InChI is InChI=1S/C17H31N3O/c1-5-7-18-13-16-15(6-12-21-16)14-19-8-10-20(11-9-19)17(2,3)4/h6,12,18H,5,7-11,13-14H2,1-4H3. The van der Waals surface area contributed by atoms with Crippen LogP contribution in [-0.4, -0.2) is 48.1 Å². The lowest BCUT2D eigenvalue weighted by Crippen LogP contribution is -2.53.